The minimum Gasteiger partial charge on any atom is -0.496 e. The molecule has 162 valence electrons. The molecule has 0 aliphatic carbocycles. The van der Waals surface area contributed by atoms with Crippen molar-refractivity contribution in [1.82, 2.24) is 10.2 Å². The predicted molar refractivity (Wildman–Crippen MR) is 118 cm³/mol. The van der Waals surface area contributed by atoms with Crippen molar-refractivity contribution in [2.24, 2.45) is 11.8 Å². The van der Waals surface area contributed by atoms with E-state index in [1.807, 2.05) is 11.0 Å². The first-order valence-corrected chi connectivity index (χ1v) is 9.96. The van der Waals surface area contributed by atoms with Crippen LogP contribution >= 0.6 is 12.4 Å². The molecule has 4 rings (SSSR count). The van der Waals surface area contributed by atoms with Crippen LogP contribution in [-0.2, 0) is 0 Å². The number of likely N-dealkylation sites (tertiary alicyclic amines) is 1. The Morgan fingerprint density at radius 2 is 1.67 bits per heavy atom. The number of rotatable bonds is 5. The van der Waals surface area contributed by atoms with E-state index >= 15 is 0 Å². The molecule has 2 heterocycles. The predicted octanol–water partition coefficient (Wildman–Crippen LogP) is 3.48. The second-order valence-electron chi connectivity index (χ2n) is 7.75. The van der Waals surface area contributed by atoms with Crippen molar-refractivity contribution in [3.05, 3.63) is 53.1 Å². The Bertz CT molecular complexity index is 920. The first kappa shape index (κ1) is 22.2. The average molecular weight is 433 g/mol. The Kier molecular flexibility index (Phi) is 6.78. The summed E-state index contributed by atoms with van der Waals surface area (Å²) in [5, 5.41) is 3.50. The number of nitrogens with one attached hydrogen (secondary N) is 1. The molecule has 0 aromatic heterocycles. The van der Waals surface area contributed by atoms with Crippen molar-refractivity contribution in [2.45, 2.75) is 13.0 Å². The lowest BCUT2D eigenvalue weighted by atomic mass is 9.87. The molecular weight excluding hydrogens is 404 g/mol. The third-order valence-electron chi connectivity index (χ3n) is 6.27. The zero-order valence-corrected chi connectivity index (χ0v) is 18.6. The van der Waals surface area contributed by atoms with E-state index in [1.54, 1.807) is 33.5 Å². The maximum absolute atomic E-state index is 13.7. The standard InChI is InChI=1S/C23H28N2O4.ClH/c1-14-7-5-6-8-16(14)22-18-12-24-11-15(18)13-25(22)23(26)17-9-20(28-3)21(29-4)10-19(17)27-2;/h5-10,15,18,22,24H,11-13H2,1-4H3;1H/t15-,18-,22+;/m0./s1. The van der Waals surface area contributed by atoms with E-state index < -0.39 is 0 Å². The molecule has 7 heteroatoms. The van der Waals surface area contributed by atoms with Crippen LogP contribution in [0, 0.1) is 18.8 Å². The summed E-state index contributed by atoms with van der Waals surface area (Å²) in [6, 6.07) is 11.8. The van der Waals surface area contributed by atoms with Gasteiger partial charge in [0.05, 0.1) is 32.9 Å². The van der Waals surface area contributed by atoms with Gasteiger partial charge >= 0.3 is 0 Å². The molecule has 3 atom stereocenters. The number of nitrogens with zero attached hydrogens (tertiary/aromatic N) is 1. The molecule has 0 bridgehead atoms. The molecule has 2 aromatic carbocycles. The van der Waals surface area contributed by atoms with E-state index in [4.69, 9.17) is 14.2 Å². The highest BCUT2D eigenvalue weighted by atomic mass is 35.5. The number of amides is 1. The van der Waals surface area contributed by atoms with Gasteiger partial charge in [0.2, 0.25) is 0 Å². The van der Waals surface area contributed by atoms with Gasteiger partial charge in [-0.1, -0.05) is 24.3 Å². The van der Waals surface area contributed by atoms with Crippen LogP contribution in [0.4, 0.5) is 0 Å². The molecule has 1 amide bonds. The van der Waals surface area contributed by atoms with Crippen molar-refractivity contribution < 1.29 is 19.0 Å². The van der Waals surface area contributed by atoms with Crippen LogP contribution in [0.5, 0.6) is 17.2 Å². The van der Waals surface area contributed by atoms with Crippen LogP contribution < -0.4 is 19.5 Å². The van der Waals surface area contributed by atoms with Crippen LogP contribution in [0.15, 0.2) is 36.4 Å². The molecule has 2 saturated heterocycles. The molecule has 0 radical (unpaired) electrons. The summed E-state index contributed by atoms with van der Waals surface area (Å²) in [5.41, 5.74) is 2.93. The highest BCUT2D eigenvalue weighted by molar-refractivity contribution is 5.98. The van der Waals surface area contributed by atoms with Gasteiger partial charge in [-0.15, -0.1) is 12.4 Å². The zero-order valence-electron chi connectivity index (χ0n) is 17.8. The molecule has 0 saturated carbocycles. The molecule has 0 spiro atoms. The number of methoxy groups -OCH3 is 3. The molecule has 2 aliphatic rings. The Hall–Kier alpha value is -2.44. The van der Waals surface area contributed by atoms with Crippen molar-refractivity contribution in [1.29, 1.82) is 0 Å². The lowest BCUT2D eigenvalue weighted by molar-refractivity contribution is 0.0709. The summed E-state index contributed by atoms with van der Waals surface area (Å²) in [6.45, 7) is 4.72. The number of ether oxygens (including phenoxy) is 3. The van der Waals surface area contributed by atoms with Gasteiger partial charge in [0.25, 0.3) is 5.91 Å². The summed E-state index contributed by atoms with van der Waals surface area (Å²) >= 11 is 0. The molecule has 1 N–H and O–H groups in total. The van der Waals surface area contributed by atoms with Crippen LogP contribution in [-0.4, -0.2) is 51.8 Å². The van der Waals surface area contributed by atoms with Gasteiger partial charge in [0.15, 0.2) is 11.5 Å². The number of halogens is 1. The molecule has 0 unspecified atom stereocenters. The average Bonchev–Trinajstić information content (AvgIpc) is 3.34. The van der Waals surface area contributed by atoms with Gasteiger partial charge in [-0.2, -0.15) is 0 Å². The minimum absolute atomic E-state index is 0. The summed E-state index contributed by atoms with van der Waals surface area (Å²) < 4.78 is 16.3. The fraction of sp³-hybridized carbons (Fsp3) is 0.435. The second kappa shape index (κ2) is 9.14. The quantitative estimate of drug-likeness (QED) is 0.783. The van der Waals surface area contributed by atoms with Crippen LogP contribution in [0.2, 0.25) is 0 Å². The topological polar surface area (TPSA) is 60.0 Å². The summed E-state index contributed by atoms with van der Waals surface area (Å²) in [7, 11) is 4.71. The maximum atomic E-state index is 13.7. The highest BCUT2D eigenvalue weighted by Gasteiger charge is 2.47. The van der Waals surface area contributed by atoms with E-state index in [0.29, 0.717) is 34.6 Å². The Labute approximate surface area is 183 Å². The van der Waals surface area contributed by atoms with Crippen molar-refractivity contribution in [2.75, 3.05) is 41.0 Å². The Balaban J connectivity index is 0.00000256. The van der Waals surface area contributed by atoms with Crippen molar-refractivity contribution >= 4 is 18.3 Å². The number of aryl methyl sites for hydroxylation is 1. The van der Waals surface area contributed by atoms with Gasteiger partial charge in [-0.25, -0.2) is 0 Å². The lowest BCUT2D eigenvalue weighted by Gasteiger charge is -2.30. The second-order valence-corrected chi connectivity index (χ2v) is 7.75. The molecule has 2 fully saturated rings. The van der Waals surface area contributed by atoms with E-state index in [9.17, 15) is 4.79 Å². The molecule has 6 nitrogen and oxygen atoms in total. The summed E-state index contributed by atoms with van der Waals surface area (Å²) in [5.74, 6) is 2.38. The van der Waals surface area contributed by atoms with Crippen LogP contribution in [0.3, 0.4) is 0 Å². The van der Waals surface area contributed by atoms with E-state index in [-0.39, 0.29) is 24.4 Å². The maximum Gasteiger partial charge on any atom is 0.258 e. The normalized spacial score (nSPS) is 22.3. The number of carbonyl (C=O) groups is 1. The zero-order chi connectivity index (χ0) is 20.5. The first-order valence-electron chi connectivity index (χ1n) is 9.96. The minimum atomic E-state index is -0.0366. The third kappa shape index (κ3) is 3.70. The molecule has 2 aliphatic heterocycles. The SMILES string of the molecule is COc1cc(OC)c(C(=O)N2C[C@@H]3CNC[C@@H]3[C@H]2c2ccccc2C)cc1OC.Cl. The molecule has 2 aromatic rings. The smallest absolute Gasteiger partial charge is 0.258 e. The molecule has 30 heavy (non-hydrogen) atoms. The van der Waals surface area contributed by atoms with E-state index in [1.165, 1.54) is 11.1 Å². The van der Waals surface area contributed by atoms with Gasteiger partial charge in [0.1, 0.15) is 5.75 Å². The highest BCUT2D eigenvalue weighted by Crippen LogP contribution is 2.45. The monoisotopic (exact) mass is 432 g/mol. The van der Waals surface area contributed by atoms with Gasteiger partial charge < -0.3 is 24.4 Å². The molecular formula is C23H29ClN2O4. The van der Waals surface area contributed by atoms with Gasteiger partial charge in [-0.05, 0) is 24.0 Å². The number of hydrogen-bond donors (Lipinski definition) is 1. The van der Waals surface area contributed by atoms with Crippen LogP contribution in [0.25, 0.3) is 0 Å². The van der Waals surface area contributed by atoms with Gasteiger partial charge in [-0.3, -0.25) is 4.79 Å². The Morgan fingerprint density at radius 3 is 2.33 bits per heavy atom. The number of carbonyl (C=O) groups excluding carboxylic acids is 1. The van der Waals surface area contributed by atoms with E-state index in [2.05, 4.69) is 30.4 Å². The van der Waals surface area contributed by atoms with Crippen molar-refractivity contribution in [3.8, 4) is 17.2 Å². The fourth-order valence-electron chi connectivity index (χ4n) is 4.80. The van der Waals surface area contributed by atoms with Crippen molar-refractivity contribution in [3.63, 3.8) is 0 Å². The number of hydrogen-bond acceptors (Lipinski definition) is 5. The van der Waals surface area contributed by atoms with Gasteiger partial charge in [0, 0.05) is 37.7 Å². The van der Waals surface area contributed by atoms with Crippen LogP contribution in [0.1, 0.15) is 27.5 Å². The first-order chi connectivity index (χ1) is 14.1. The number of fused-ring (bicyclic) bond motifs is 1. The number of benzene rings is 2. The third-order valence-corrected chi connectivity index (χ3v) is 6.27. The lowest BCUT2D eigenvalue weighted by Crippen LogP contribution is -2.35. The fourth-order valence-corrected chi connectivity index (χ4v) is 4.80. The summed E-state index contributed by atoms with van der Waals surface area (Å²) in [6.07, 6.45) is 0. The summed E-state index contributed by atoms with van der Waals surface area (Å²) in [4.78, 5) is 15.8. The Morgan fingerprint density at radius 1 is 1.00 bits per heavy atom. The van der Waals surface area contributed by atoms with E-state index in [0.717, 1.165) is 19.6 Å². The largest absolute Gasteiger partial charge is 0.496 e.